The van der Waals surface area contributed by atoms with Gasteiger partial charge in [0.2, 0.25) is 5.60 Å². The molecule has 6 saturated heterocycles. The van der Waals surface area contributed by atoms with Crippen LogP contribution < -0.4 is 0 Å². The van der Waals surface area contributed by atoms with Gasteiger partial charge in [0.25, 0.3) is 0 Å². The smallest absolute Gasteiger partial charge is 0.342 e. The van der Waals surface area contributed by atoms with Crippen molar-refractivity contribution in [1.82, 2.24) is 0 Å². The maximum Gasteiger partial charge on any atom is 0.342 e. The van der Waals surface area contributed by atoms with Gasteiger partial charge >= 0.3 is 23.9 Å². The summed E-state index contributed by atoms with van der Waals surface area (Å²) < 4.78 is 33.1. The molecule has 13 nitrogen and oxygen atoms in total. The minimum Gasteiger partial charge on any atom is -0.458 e. The molecule has 3 N–H and O–H groups in total. The molecule has 4 saturated carbocycles. The quantitative estimate of drug-likeness (QED) is 0.150. The second-order valence-electron chi connectivity index (χ2n) is 15.3. The maximum absolute atomic E-state index is 12.4. The van der Waals surface area contributed by atoms with Gasteiger partial charge < -0.3 is 43.7 Å². The Hall–Kier alpha value is -2.58. The van der Waals surface area contributed by atoms with Gasteiger partial charge in [-0.25, -0.2) is 4.79 Å². The Labute approximate surface area is 245 Å². The van der Waals surface area contributed by atoms with Gasteiger partial charge in [-0.15, -0.1) is 0 Å². The lowest BCUT2D eigenvalue weighted by Crippen LogP contribution is -2.69. The van der Waals surface area contributed by atoms with Gasteiger partial charge in [-0.2, -0.15) is 0 Å². The Kier molecular flexibility index (Phi) is 4.34. The third-order valence-electron chi connectivity index (χ3n) is 13.3. The molecule has 0 aromatic rings. The van der Waals surface area contributed by atoms with E-state index in [1.807, 2.05) is 6.92 Å². The van der Waals surface area contributed by atoms with Gasteiger partial charge in [0.1, 0.15) is 42.2 Å². The number of carbonyl (C=O) groups is 4. The van der Waals surface area contributed by atoms with Gasteiger partial charge in [0, 0.05) is 18.3 Å². The van der Waals surface area contributed by atoms with E-state index in [1.54, 1.807) is 27.7 Å². The number of ether oxygens (including phenoxy) is 6. The first kappa shape index (κ1) is 26.8. The molecule has 43 heavy (non-hydrogen) atoms. The average molecular weight is 603 g/mol. The van der Waals surface area contributed by atoms with Crippen LogP contribution in [0.5, 0.6) is 0 Å². The van der Waals surface area contributed by atoms with Crippen molar-refractivity contribution in [3.8, 4) is 0 Å². The molecule has 13 heteroatoms. The topological polar surface area (TPSA) is 191 Å². The number of epoxide rings is 2. The lowest BCUT2D eigenvalue weighted by molar-refractivity contribution is -0.225. The van der Waals surface area contributed by atoms with E-state index < -0.39 is 117 Å². The van der Waals surface area contributed by atoms with Gasteiger partial charge in [0.15, 0.2) is 6.10 Å². The van der Waals surface area contributed by atoms with Crippen molar-refractivity contribution in [2.75, 3.05) is 0 Å². The highest BCUT2D eigenvalue weighted by Crippen LogP contribution is 2.77. The molecule has 10 aliphatic rings. The van der Waals surface area contributed by atoms with Crippen molar-refractivity contribution in [2.24, 2.45) is 40.4 Å². The first-order chi connectivity index (χ1) is 19.9. The third-order valence-corrected chi connectivity index (χ3v) is 13.3. The molecule has 4 bridgehead atoms. The van der Waals surface area contributed by atoms with Crippen LogP contribution in [0.25, 0.3) is 0 Å². The molecule has 0 amide bonds. The fraction of sp³-hybridized carbons (Fsp3) is 0.800. The van der Waals surface area contributed by atoms with Crippen LogP contribution in [-0.4, -0.2) is 104 Å². The summed E-state index contributed by atoms with van der Waals surface area (Å²) in [4.78, 5) is 49.4. The minimum absolute atomic E-state index is 0.269. The third kappa shape index (κ3) is 2.38. The molecule has 6 heterocycles. The molecule has 1 spiro atoms. The summed E-state index contributed by atoms with van der Waals surface area (Å²) in [5.74, 6) is -4.93. The summed E-state index contributed by atoms with van der Waals surface area (Å²) in [6.07, 6.45) is -3.78. The van der Waals surface area contributed by atoms with Crippen LogP contribution in [0, 0.1) is 40.4 Å². The van der Waals surface area contributed by atoms with Gasteiger partial charge in [-0.3, -0.25) is 14.4 Å². The van der Waals surface area contributed by atoms with Crippen LogP contribution in [-0.2, 0) is 47.6 Å². The van der Waals surface area contributed by atoms with Crippen molar-refractivity contribution in [1.29, 1.82) is 0 Å². The first-order valence-corrected chi connectivity index (χ1v) is 14.9. The van der Waals surface area contributed by atoms with Crippen LogP contribution in [0.2, 0.25) is 0 Å². The van der Waals surface area contributed by atoms with Crippen LogP contribution >= 0.6 is 0 Å². The lowest BCUT2D eigenvalue weighted by atomic mass is 9.52. The van der Waals surface area contributed by atoms with E-state index in [1.165, 1.54) is 0 Å². The molecule has 10 rings (SSSR count). The van der Waals surface area contributed by atoms with E-state index in [9.17, 15) is 34.5 Å². The van der Waals surface area contributed by atoms with E-state index in [2.05, 4.69) is 6.58 Å². The zero-order valence-corrected chi connectivity index (χ0v) is 24.3. The largest absolute Gasteiger partial charge is 0.458 e. The van der Waals surface area contributed by atoms with E-state index in [0.29, 0.717) is 0 Å². The van der Waals surface area contributed by atoms with Crippen LogP contribution in [0.15, 0.2) is 12.2 Å². The number of rotatable bonds is 2. The Bertz CT molecular complexity index is 1480. The molecule has 0 aromatic heterocycles. The Balaban J connectivity index is 0.000000121. The van der Waals surface area contributed by atoms with Crippen LogP contribution in [0.4, 0.5) is 0 Å². The fourth-order valence-corrected chi connectivity index (χ4v) is 11.4. The number of carbonyl (C=O) groups excluding carboxylic acids is 4. The summed E-state index contributed by atoms with van der Waals surface area (Å²) in [5, 5.41) is 33.4. The maximum atomic E-state index is 12.4. The predicted octanol–water partition coefficient (Wildman–Crippen LogP) is -1.07. The molecule has 0 aromatic carbocycles. The van der Waals surface area contributed by atoms with Crippen molar-refractivity contribution in [3.05, 3.63) is 12.2 Å². The standard InChI is InChI=1S/C15H18O7.C15H16O6/c1-13(2,18)4-5-11(16)21-7(4)9-14(3)6(12(17)22-9)8-10(20-8)15(5,14)19;1-5(2)7-8-11(16)19-9(7)10-13(3)14(8,18)4-6-15(13,21-6)12(17)20-10/h4-10,18-19H,1-3H3;6-10,18H,1,4H2,2-3H3/t4-,5+,6?,7+,8-,9+,10?,14+,15-;6-,7+,8-,9-,10-,13-,14-,15+/m01/s1. The van der Waals surface area contributed by atoms with Crippen molar-refractivity contribution in [3.63, 3.8) is 0 Å². The number of esters is 4. The fourth-order valence-electron chi connectivity index (χ4n) is 11.4. The Morgan fingerprint density at radius 3 is 2.14 bits per heavy atom. The van der Waals surface area contributed by atoms with E-state index in [4.69, 9.17) is 28.4 Å². The van der Waals surface area contributed by atoms with Crippen molar-refractivity contribution in [2.45, 2.75) is 106 Å². The van der Waals surface area contributed by atoms with Crippen molar-refractivity contribution < 1.29 is 62.9 Å². The summed E-state index contributed by atoms with van der Waals surface area (Å²) in [5.41, 5.74) is -6.32. The predicted molar refractivity (Wildman–Crippen MR) is 135 cm³/mol. The number of aliphatic hydroxyl groups is 3. The number of hydrogen-bond acceptors (Lipinski definition) is 13. The van der Waals surface area contributed by atoms with Gasteiger partial charge in [0.05, 0.1) is 39.8 Å². The molecule has 2 unspecified atom stereocenters. The van der Waals surface area contributed by atoms with E-state index >= 15 is 0 Å². The van der Waals surface area contributed by atoms with Gasteiger partial charge in [-0.05, 0) is 27.7 Å². The molecule has 6 aliphatic heterocycles. The average Bonchev–Trinajstić information content (AvgIpc) is 3.64. The minimum atomic E-state index is -1.55. The molecular formula is C30H34O13. The highest BCUT2D eigenvalue weighted by atomic mass is 16.7. The molecule has 0 radical (unpaired) electrons. The first-order valence-electron chi connectivity index (χ1n) is 14.9. The summed E-state index contributed by atoms with van der Waals surface area (Å²) in [6, 6.07) is 0. The molecule has 232 valence electrons. The highest BCUT2D eigenvalue weighted by Gasteiger charge is 2.95. The molecular weight excluding hydrogens is 568 g/mol. The van der Waals surface area contributed by atoms with Crippen LogP contribution in [0.1, 0.15) is 41.0 Å². The zero-order chi connectivity index (χ0) is 30.8. The highest BCUT2D eigenvalue weighted by molar-refractivity contribution is 5.92. The van der Waals surface area contributed by atoms with E-state index in [0.717, 1.165) is 5.57 Å². The number of fused-ring (bicyclic) bond motifs is 11. The van der Waals surface area contributed by atoms with Crippen molar-refractivity contribution >= 4 is 23.9 Å². The van der Waals surface area contributed by atoms with Gasteiger partial charge in [-0.1, -0.05) is 19.1 Å². The monoisotopic (exact) mass is 602 g/mol. The summed E-state index contributed by atoms with van der Waals surface area (Å²) >= 11 is 0. The Morgan fingerprint density at radius 1 is 0.860 bits per heavy atom. The molecule has 10 fully saturated rings. The summed E-state index contributed by atoms with van der Waals surface area (Å²) in [6.45, 7) is 12.5. The Morgan fingerprint density at radius 2 is 1.49 bits per heavy atom. The second-order valence-corrected chi connectivity index (χ2v) is 15.3. The van der Waals surface area contributed by atoms with Crippen LogP contribution in [0.3, 0.4) is 0 Å². The number of hydrogen-bond donors (Lipinski definition) is 3. The molecule has 17 atom stereocenters. The normalized spacial score (nSPS) is 61.3. The van der Waals surface area contributed by atoms with E-state index in [-0.39, 0.29) is 18.4 Å². The second kappa shape index (κ2) is 6.96. The summed E-state index contributed by atoms with van der Waals surface area (Å²) in [7, 11) is 0. The SMILES string of the molecule is C=C(C)[C@@H]1[C@H]2OC(=O)[C@@H]1[C@]1(O)C[C@H]3O[C@]34C(=O)O[C@H]2[C@]14C.CC(C)(O)[C@@H]1[C@H]2OC(=O)[C@@H]1[C@]1(O)C3O[C@H]3C3C(=O)O[C@H]2[C@@]31C. The lowest BCUT2D eigenvalue weighted by Gasteiger charge is -2.53. The molecule has 4 aliphatic carbocycles. The zero-order valence-electron chi connectivity index (χ0n) is 24.3.